The lowest BCUT2D eigenvalue weighted by atomic mass is 10.1. The Balaban J connectivity index is 2.17. The quantitative estimate of drug-likeness (QED) is 0.832. The van der Waals surface area contributed by atoms with Crippen LogP contribution >= 0.6 is 0 Å². The van der Waals surface area contributed by atoms with E-state index in [1.54, 1.807) is 0 Å². The van der Waals surface area contributed by atoms with Crippen molar-refractivity contribution in [2.75, 3.05) is 5.32 Å². The Kier molecular flexibility index (Phi) is 3.24. The molecule has 2 heteroatoms. The lowest BCUT2D eigenvalue weighted by molar-refractivity contribution is 0.102. The molecule has 2 rings (SSSR count). The van der Waals surface area contributed by atoms with Crippen LogP contribution in [0.1, 0.15) is 21.5 Å². The number of amides is 1. The molecule has 0 unspecified atom stereocenters. The van der Waals surface area contributed by atoms with Crippen LogP contribution in [0.2, 0.25) is 0 Å². The van der Waals surface area contributed by atoms with Crippen molar-refractivity contribution in [1.82, 2.24) is 0 Å². The zero-order valence-corrected chi connectivity index (χ0v) is 10.0. The van der Waals surface area contributed by atoms with Gasteiger partial charge in [0.1, 0.15) is 0 Å². The Labute approximate surface area is 101 Å². The number of hydrogen-bond donors (Lipinski definition) is 1. The van der Waals surface area contributed by atoms with Crippen LogP contribution in [0.15, 0.2) is 48.5 Å². The molecule has 0 saturated carbocycles. The van der Waals surface area contributed by atoms with Gasteiger partial charge in [-0.1, -0.05) is 35.9 Å². The highest BCUT2D eigenvalue weighted by molar-refractivity contribution is 6.05. The number of hydrogen-bond acceptors (Lipinski definition) is 1. The highest BCUT2D eigenvalue weighted by Gasteiger charge is 2.07. The molecule has 0 atom stereocenters. The third kappa shape index (κ3) is 2.72. The van der Waals surface area contributed by atoms with Gasteiger partial charge in [-0.15, -0.1) is 0 Å². The number of carbonyl (C=O) groups is 1. The number of nitrogens with one attached hydrogen (secondary N) is 1. The number of aryl methyl sites for hydroxylation is 2. The topological polar surface area (TPSA) is 29.1 Å². The van der Waals surface area contributed by atoms with Crippen molar-refractivity contribution in [2.24, 2.45) is 0 Å². The molecule has 0 aliphatic heterocycles. The summed E-state index contributed by atoms with van der Waals surface area (Å²) < 4.78 is 0. The minimum Gasteiger partial charge on any atom is -0.322 e. The summed E-state index contributed by atoms with van der Waals surface area (Å²) in [5.74, 6) is -0.0630. The van der Waals surface area contributed by atoms with Gasteiger partial charge in [-0.3, -0.25) is 4.79 Å². The summed E-state index contributed by atoms with van der Waals surface area (Å²) in [6, 6.07) is 15.3. The third-order valence-corrected chi connectivity index (χ3v) is 2.70. The van der Waals surface area contributed by atoms with E-state index >= 15 is 0 Å². The first-order valence-corrected chi connectivity index (χ1v) is 5.60. The maximum absolute atomic E-state index is 12.0. The van der Waals surface area contributed by atoms with E-state index in [1.165, 1.54) is 5.56 Å². The summed E-state index contributed by atoms with van der Waals surface area (Å²) in [7, 11) is 0. The molecule has 1 N–H and O–H groups in total. The first kappa shape index (κ1) is 11.4. The smallest absolute Gasteiger partial charge is 0.255 e. The van der Waals surface area contributed by atoms with Crippen LogP contribution in [0.4, 0.5) is 5.69 Å². The number of carbonyl (C=O) groups excluding carboxylic acids is 1. The molecule has 0 heterocycles. The highest BCUT2D eigenvalue weighted by Crippen LogP contribution is 2.12. The molecule has 0 aliphatic rings. The first-order chi connectivity index (χ1) is 8.16. The Morgan fingerprint density at radius 2 is 1.59 bits per heavy atom. The van der Waals surface area contributed by atoms with Crippen LogP contribution in [-0.4, -0.2) is 5.91 Å². The average Bonchev–Trinajstić information content (AvgIpc) is 2.32. The second-order valence-corrected chi connectivity index (χ2v) is 4.14. The fourth-order valence-corrected chi connectivity index (χ4v) is 1.66. The molecule has 0 radical (unpaired) electrons. The molecule has 17 heavy (non-hydrogen) atoms. The zero-order valence-electron chi connectivity index (χ0n) is 10.0. The SMILES string of the molecule is Cc1ccc(NC(=O)c2ccccc2C)cc1. The monoisotopic (exact) mass is 225 g/mol. The van der Waals surface area contributed by atoms with E-state index < -0.39 is 0 Å². The van der Waals surface area contributed by atoms with Gasteiger partial charge in [0, 0.05) is 11.3 Å². The molecular weight excluding hydrogens is 210 g/mol. The fraction of sp³-hybridized carbons (Fsp3) is 0.133. The molecule has 0 saturated heterocycles. The van der Waals surface area contributed by atoms with Crippen LogP contribution in [-0.2, 0) is 0 Å². The molecule has 0 aliphatic carbocycles. The van der Waals surface area contributed by atoms with E-state index in [9.17, 15) is 4.79 Å². The predicted octanol–water partition coefficient (Wildman–Crippen LogP) is 3.56. The van der Waals surface area contributed by atoms with Gasteiger partial charge in [0.25, 0.3) is 5.91 Å². The zero-order chi connectivity index (χ0) is 12.3. The summed E-state index contributed by atoms with van der Waals surface area (Å²) in [4.78, 5) is 12.0. The van der Waals surface area contributed by atoms with E-state index in [2.05, 4.69) is 5.32 Å². The maximum atomic E-state index is 12.0. The predicted molar refractivity (Wildman–Crippen MR) is 70.3 cm³/mol. The normalized spacial score (nSPS) is 10.0. The summed E-state index contributed by atoms with van der Waals surface area (Å²) in [6.07, 6.45) is 0. The second kappa shape index (κ2) is 4.83. The van der Waals surface area contributed by atoms with E-state index in [0.717, 1.165) is 11.3 Å². The van der Waals surface area contributed by atoms with Gasteiger partial charge < -0.3 is 5.32 Å². The summed E-state index contributed by atoms with van der Waals surface area (Å²) >= 11 is 0. The Morgan fingerprint density at radius 1 is 0.941 bits per heavy atom. The van der Waals surface area contributed by atoms with Gasteiger partial charge in [-0.2, -0.15) is 0 Å². The van der Waals surface area contributed by atoms with Crippen LogP contribution in [0.3, 0.4) is 0 Å². The van der Waals surface area contributed by atoms with Crippen molar-refractivity contribution in [3.8, 4) is 0 Å². The maximum Gasteiger partial charge on any atom is 0.255 e. The molecule has 2 aromatic rings. The largest absolute Gasteiger partial charge is 0.322 e. The lowest BCUT2D eigenvalue weighted by Crippen LogP contribution is -2.13. The van der Waals surface area contributed by atoms with Crippen LogP contribution in [0.5, 0.6) is 0 Å². The van der Waals surface area contributed by atoms with E-state index in [0.29, 0.717) is 5.56 Å². The average molecular weight is 225 g/mol. The fourth-order valence-electron chi connectivity index (χ4n) is 1.66. The molecule has 0 aromatic heterocycles. The highest BCUT2D eigenvalue weighted by atomic mass is 16.1. The molecule has 2 nitrogen and oxygen atoms in total. The Morgan fingerprint density at radius 3 is 2.24 bits per heavy atom. The van der Waals surface area contributed by atoms with Gasteiger partial charge in [0.15, 0.2) is 0 Å². The Hall–Kier alpha value is -2.09. The Bertz CT molecular complexity index is 529. The van der Waals surface area contributed by atoms with Crippen LogP contribution in [0, 0.1) is 13.8 Å². The molecular formula is C15H15NO. The van der Waals surface area contributed by atoms with E-state index in [1.807, 2.05) is 62.4 Å². The summed E-state index contributed by atoms with van der Waals surface area (Å²) in [5, 5.41) is 2.89. The van der Waals surface area contributed by atoms with Crippen molar-refractivity contribution < 1.29 is 4.79 Å². The lowest BCUT2D eigenvalue weighted by Gasteiger charge is -2.07. The van der Waals surface area contributed by atoms with Crippen molar-refractivity contribution in [3.63, 3.8) is 0 Å². The van der Waals surface area contributed by atoms with Gasteiger partial charge in [0.05, 0.1) is 0 Å². The number of anilines is 1. The minimum absolute atomic E-state index is 0.0630. The summed E-state index contributed by atoms with van der Waals surface area (Å²) in [6.45, 7) is 3.96. The second-order valence-electron chi connectivity index (χ2n) is 4.14. The van der Waals surface area contributed by atoms with E-state index in [4.69, 9.17) is 0 Å². The van der Waals surface area contributed by atoms with Crippen LogP contribution in [0.25, 0.3) is 0 Å². The molecule has 0 bridgehead atoms. The summed E-state index contributed by atoms with van der Waals surface area (Å²) in [5.41, 5.74) is 3.70. The van der Waals surface area contributed by atoms with Gasteiger partial charge in [-0.05, 0) is 37.6 Å². The molecule has 1 amide bonds. The molecule has 0 spiro atoms. The number of rotatable bonds is 2. The number of benzene rings is 2. The molecule has 86 valence electrons. The third-order valence-electron chi connectivity index (χ3n) is 2.70. The van der Waals surface area contributed by atoms with Gasteiger partial charge >= 0.3 is 0 Å². The van der Waals surface area contributed by atoms with Gasteiger partial charge in [-0.25, -0.2) is 0 Å². The molecule has 0 fully saturated rings. The van der Waals surface area contributed by atoms with Crippen molar-refractivity contribution in [1.29, 1.82) is 0 Å². The minimum atomic E-state index is -0.0630. The van der Waals surface area contributed by atoms with E-state index in [-0.39, 0.29) is 5.91 Å². The van der Waals surface area contributed by atoms with Crippen LogP contribution < -0.4 is 5.32 Å². The molecule has 2 aromatic carbocycles. The van der Waals surface area contributed by atoms with Crippen molar-refractivity contribution >= 4 is 11.6 Å². The standard InChI is InChI=1S/C15H15NO/c1-11-7-9-13(10-8-11)16-15(17)14-6-4-3-5-12(14)2/h3-10H,1-2H3,(H,16,17). The van der Waals surface area contributed by atoms with Crippen molar-refractivity contribution in [2.45, 2.75) is 13.8 Å². The van der Waals surface area contributed by atoms with Gasteiger partial charge in [0.2, 0.25) is 0 Å². The first-order valence-electron chi connectivity index (χ1n) is 5.60. The van der Waals surface area contributed by atoms with Crippen molar-refractivity contribution in [3.05, 3.63) is 65.2 Å².